The lowest BCUT2D eigenvalue weighted by Gasteiger charge is -2.40. The maximum atomic E-state index is 7.49. The summed E-state index contributed by atoms with van der Waals surface area (Å²) in [5.74, 6) is 5.33. The summed E-state index contributed by atoms with van der Waals surface area (Å²) in [6.45, 7) is 33.2. The van der Waals surface area contributed by atoms with Crippen LogP contribution in [0.3, 0.4) is 0 Å². The third-order valence-electron chi connectivity index (χ3n) is 20.3. The van der Waals surface area contributed by atoms with Gasteiger partial charge in [-0.3, -0.25) is 0 Å². The van der Waals surface area contributed by atoms with Crippen LogP contribution in [0.1, 0.15) is 156 Å². The summed E-state index contributed by atoms with van der Waals surface area (Å²) in [6, 6.07) is 42.6. The SMILES string of the molecule is CCC(CC)(Cc1cc(C(C)(C)c2ccc(OCC3CO3)cc2)cc(C(CC)(CC)Cc2cc(C(C)(C)c3ccc(OCC4CO4)cc3)ccc2OCC2CO2)c1OCC1CO1)c1cc(C(C)(C)c2ccc(OCC3CO3)cc2)cc(C)c1OCC1CO1. The molecule has 470 valence electrons. The quantitative estimate of drug-likeness (QED) is 0.0357. The number of epoxide rings is 6. The minimum absolute atomic E-state index is 0.0271. The topological polar surface area (TPSA) is 131 Å². The molecule has 12 rings (SSSR count). The Labute approximate surface area is 523 Å². The largest absolute Gasteiger partial charge is 0.491 e. The van der Waals surface area contributed by atoms with E-state index in [0.29, 0.717) is 72.3 Å². The summed E-state index contributed by atoms with van der Waals surface area (Å²) >= 11 is 0. The van der Waals surface area contributed by atoms with E-state index in [1.54, 1.807) is 0 Å². The predicted octanol–water partition coefficient (Wildman–Crippen LogP) is 14.2. The van der Waals surface area contributed by atoms with E-state index in [2.05, 4.69) is 191 Å². The molecule has 6 aromatic rings. The molecule has 6 aliphatic heterocycles. The molecule has 0 bridgehead atoms. The molecule has 6 aliphatic rings. The van der Waals surface area contributed by atoms with Crippen LogP contribution in [0, 0.1) is 6.92 Å². The molecule has 6 fully saturated rings. The van der Waals surface area contributed by atoms with E-state index in [0.717, 1.165) is 91.1 Å². The van der Waals surface area contributed by atoms with Gasteiger partial charge in [0.05, 0.1) is 39.6 Å². The molecule has 6 saturated heterocycles. The van der Waals surface area contributed by atoms with Gasteiger partial charge in [-0.25, -0.2) is 0 Å². The summed E-state index contributed by atoms with van der Waals surface area (Å²) < 4.78 is 73.7. The van der Waals surface area contributed by atoms with Crippen LogP contribution in [0.5, 0.6) is 34.5 Å². The molecular weight excluding hydrogens is 1100 g/mol. The van der Waals surface area contributed by atoms with Crippen molar-refractivity contribution >= 4 is 0 Å². The summed E-state index contributed by atoms with van der Waals surface area (Å²) in [6.07, 6.45) is 5.57. The maximum absolute atomic E-state index is 7.49. The average molecular weight is 1200 g/mol. The van der Waals surface area contributed by atoms with Crippen LogP contribution in [-0.2, 0) is 68.3 Å². The highest BCUT2D eigenvalue weighted by Gasteiger charge is 2.42. The van der Waals surface area contributed by atoms with Gasteiger partial charge in [0, 0.05) is 38.2 Å². The van der Waals surface area contributed by atoms with Crippen molar-refractivity contribution in [1.82, 2.24) is 0 Å². The standard InChI is InChI=1S/C76H94O12/c1-12-75(13-2,35-50-31-55(22-29-69(50)86-46-64-43-83-64)72(6,7)52-16-23-58(24-17-52)77-37-61-40-80-61)68-34-57(74(10,11)54-20-27-60(28-21-54)79-39-63-42-82-63)32-51(71(68)88-48-66-45-85-66)36-76(14-3,15-4)67-33-56(30-49(5)70(67)87-47-65-44-84-65)73(8,9)53-18-25-59(26-19-53)78-38-62-41-81-62/h16-34,61-66H,12-15,35-48H2,1-11H3. The van der Waals surface area contributed by atoms with Crippen molar-refractivity contribution in [3.05, 3.63) is 176 Å². The minimum Gasteiger partial charge on any atom is -0.491 e. The van der Waals surface area contributed by atoms with Crippen LogP contribution >= 0.6 is 0 Å². The molecule has 88 heavy (non-hydrogen) atoms. The van der Waals surface area contributed by atoms with Crippen LogP contribution in [0.15, 0.2) is 115 Å². The van der Waals surface area contributed by atoms with Gasteiger partial charge in [0.25, 0.3) is 0 Å². The number of aryl methyl sites for hydroxylation is 1. The Balaban J connectivity index is 0.991. The molecule has 6 aromatic carbocycles. The second kappa shape index (κ2) is 25.6. The Bertz CT molecular complexity index is 3330. The van der Waals surface area contributed by atoms with Gasteiger partial charge in [-0.05, 0) is 138 Å². The van der Waals surface area contributed by atoms with Crippen molar-refractivity contribution in [2.45, 2.75) is 178 Å². The fourth-order valence-corrected chi connectivity index (χ4v) is 12.9. The summed E-state index contributed by atoms with van der Waals surface area (Å²) in [4.78, 5) is 0. The zero-order valence-corrected chi connectivity index (χ0v) is 54.1. The van der Waals surface area contributed by atoms with Crippen molar-refractivity contribution < 1.29 is 56.8 Å². The summed E-state index contributed by atoms with van der Waals surface area (Å²) in [7, 11) is 0. The van der Waals surface area contributed by atoms with E-state index in [1.807, 2.05) is 0 Å². The van der Waals surface area contributed by atoms with Gasteiger partial charge in [0.1, 0.15) is 111 Å². The van der Waals surface area contributed by atoms with Crippen molar-refractivity contribution in [1.29, 1.82) is 0 Å². The number of hydrogen-bond acceptors (Lipinski definition) is 12. The van der Waals surface area contributed by atoms with E-state index in [9.17, 15) is 0 Å². The number of ether oxygens (including phenoxy) is 12. The van der Waals surface area contributed by atoms with Gasteiger partial charge < -0.3 is 56.8 Å². The third kappa shape index (κ3) is 14.2. The normalized spacial score (nSPS) is 21.1. The van der Waals surface area contributed by atoms with Gasteiger partial charge in [-0.15, -0.1) is 0 Å². The van der Waals surface area contributed by atoms with Gasteiger partial charge in [-0.2, -0.15) is 0 Å². The van der Waals surface area contributed by atoms with Crippen molar-refractivity contribution in [3.8, 4) is 34.5 Å². The maximum Gasteiger partial charge on any atom is 0.126 e. The lowest BCUT2D eigenvalue weighted by atomic mass is 9.65. The Morgan fingerprint density at radius 3 is 1.03 bits per heavy atom. The van der Waals surface area contributed by atoms with E-state index in [1.165, 1.54) is 50.1 Å². The second-order valence-corrected chi connectivity index (χ2v) is 27.4. The predicted molar refractivity (Wildman–Crippen MR) is 343 cm³/mol. The zero-order chi connectivity index (χ0) is 61.4. The first-order valence-electron chi connectivity index (χ1n) is 32.7. The molecule has 0 radical (unpaired) electrons. The first-order valence-corrected chi connectivity index (χ1v) is 32.7. The molecule has 0 aromatic heterocycles. The van der Waals surface area contributed by atoms with Crippen molar-refractivity contribution in [2.24, 2.45) is 0 Å². The molecule has 12 nitrogen and oxygen atoms in total. The smallest absolute Gasteiger partial charge is 0.126 e. The minimum atomic E-state index is -0.450. The van der Waals surface area contributed by atoms with E-state index in [4.69, 9.17) is 56.8 Å². The second-order valence-electron chi connectivity index (χ2n) is 27.4. The van der Waals surface area contributed by atoms with Crippen LogP contribution < -0.4 is 28.4 Å². The van der Waals surface area contributed by atoms with Crippen LogP contribution in [-0.4, -0.2) is 116 Å². The van der Waals surface area contributed by atoms with Gasteiger partial charge >= 0.3 is 0 Å². The fraction of sp³-hybridized carbons (Fsp3) is 0.526. The van der Waals surface area contributed by atoms with Crippen LogP contribution in [0.4, 0.5) is 0 Å². The average Bonchev–Trinajstić information content (AvgIpc) is 1.26. The van der Waals surface area contributed by atoms with E-state index >= 15 is 0 Å². The molecule has 12 heteroatoms. The third-order valence-corrected chi connectivity index (χ3v) is 20.3. The highest BCUT2D eigenvalue weighted by molar-refractivity contribution is 5.58. The van der Waals surface area contributed by atoms with Crippen LogP contribution in [0.25, 0.3) is 0 Å². The van der Waals surface area contributed by atoms with Crippen molar-refractivity contribution in [2.75, 3.05) is 79.3 Å². The highest BCUT2D eigenvalue weighted by Crippen LogP contribution is 2.52. The molecule has 6 unspecified atom stereocenters. The first kappa shape index (κ1) is 62.1. The highest BCUT2D eigenvalue weighted by atomic mass is 16.6. The van der Waals surface area contributed by atoms with Gasteiger partial charge in [-0.1, -0.05) is 142 Å². The number of benzene rings is 6. The van der Waals surface area contributed by atoms with Gasteiger partial charge in [0.15, 0.2) is 0 Å². The fourth-order valence-electron chi connectivity index (χ4n) is 12.9. The molecule has 6 heterocycles. The monoisotopic (exact) mass is 1200 g/mol. The molecular formula is C76H94O12. The zero-order valence-electron chi connectivity index (χ0n) is 54.1. The molecule has 0 spiro atoms. The number of rotatable bonds is 34. The molecule has 0 amide bonds. The molecule has 6 atom stereocenters. The molecule has 0 N–H and O–H groups in total. The first-order chi connectivity index (χ1) is 42.4. The Kier molecular flexibility index (Phi) is 18.1. The summed E-state index contributed by atoms with van der Waals surface area (Å²) in [5.41, 5.74) is 11.2. The van der Waals surface area contributed by atoms with E-state index < -0.39 is 16.2 Å². The Morgan fingerprint density at radius 1 is 0.341 bits per heavy atom. The Morgan fingerprint density at radius 2 is 0.648 bits per heavy atom. The lowest BCUT2D eigenvalue weighted by Crippen LogP contribution is -2.33. The lowest BCUT2D eigenvalue weighted by molar-refractivity contribution is 0.243. The number of hydrogen-bond donors (Lipinski definition) is 0. The Hall–Kier alpha value is -6.12. The molecule has 0 aliphatic carbocycles. The van der Waals surface area contributed by atoms with Crippen molar-refractivity contribution in [3.63, 3.8) is 0 Å². The summed E-state index contributed by atoms with van der Waals surface area (Å²) in [5, 5.41) is 0. The molecule has 0 saturated carbocycles. The van der Waals surface area contributed by atoms with Gasteiger partial charge in [0.2, 0.25) is 0 Å². The van der Waals surface area contributed by atoms with E-state index in [-0.39, 0.29) is 47.5 Å². The van der Waals surface area contributed by atoms with Crippen LogP contribution in [0.2, 0.25) is 0 Å².